The zero-order valence-electron chi connectivity index (χ0n) is 11.2. The molecular formula is C15H14FNO2S. The van der Waals surface area contributed by atoms with Crippen LogP contribution in [0.2, 0.25) is 0 Å². The summed E-state index contributed by atoms with van der Waals surface area (Å²) in [5.41, 5.74) is 1.72. The van der Waals surface area contributed by atoms with Crippen molar-refractivity contribution in [3.8, 4) is 0 Å². The monoisotopic (exact) mass is 291 g/mol. The van der Waals surface area contributed by atoms with E-state index in [1.165, 1.54) is 17.4 Å². The number of allylic oxidation sites excluding steroid dienone is 2. The van der Waals surface area contributed by atoms with Gasteiger partial charge in [-0.15, -0.1) is 11.3 Å². The van der Waals surface area contributed by atoms with Gasteiger partial charge in [-0.3, -0.25) is 4.79 Å². The molecule has 104 valence electrons. The third-order valence-electron chi connectivity index (χ3n) is 3.62. The van der Waals surface area contributed by atoms with Gasteiger partial charge in [0.1, 0.15) is 5.76 Å². The maximum atomic E-state index is 13.9. The van der Waals surface area contributed by atoms with E-state index in [2.05, 4.69) is 0 Å². The minimum absolute atomic E-state index is 0.120. The highest BCUT2D eigenvalue weighted by Crippen LogP contribution is 2.38. The van der Waals surface area contributed by atoms with Crippen LogP contribution in [0.25, 0.3) is 0 Å². The first-order valence-electron chi connectivity index (χ1n) is 6.35. The Labute approximate surface area is 120 Å². The van der Waals surface area contributed by atoms with Gasteiger partial charge in [0.25, 0.3) is 5.91 Å². The van der Waals surface area contributed by atoms with Crippen molar-refractivity contribution in [2.75, 3.05) is 0 Å². The van der Waals surface area contributed by atoms with E-state index < -0.39 is 5.83 Å². The molecule has 0 radical (unpaired) electrons. The van der Waals surface area contributed by atoms with E-state index in [-0.39, 0.29) is 17.7 Å². The summed E-state index contributed by atoms with van der Waals surface area (Å²) in [4.78, 5) is 15.3. The zero-order valence-corrected chi connectivity index (χ0v) is 12.0. The number of nitrogens with zero attached hydrogens (tertiary/aromatic N) is 1. The Balaban J connectivity index is 1.97. The minimum Gasteiger partial charge on any atom is -0.505 e. The number of fused-ring (bicyclic) bond motifs is 1. The lowest BCUT2D eigenvalue weighted by Crippen LogP contribution is -2.36. The van der Waals surface area contributed by atoms with E-state index in [1.807, 2.05) is 18.4 Å². The second-order valence-corrected chi connectivity index (χ2v) is 6.13. The van der Waals surface area contributed by atoms with Crippen molar-refractivity contribution in [3.63, 3.8) is 0 Å². The van der Waals surface area contributed by atoms with Crippen molar-refractivity contribution in [2.24, 2.45) is 0 Å². The molecule has 1 aliphatic carbocycles. The van der Waals surface area contributed by atoms with E-state index in [1.54, 1.807) is 17.9 Å². The molecule has 2 heterocycles. The lowest BCUT2D eigenvalue weighted by molar-refractivity contribution is 0.0779. The molecule has 0 aromatic carbocycles. The molecule has 2 aliphatic rings. The van der Waals surface area contributed by atoms with Gasteiger partial charge in [-0.2, -0.15) is 0 Å². The standard InChI is InChI=1S/C15H14FNO2S/c1-8-5-11-12(3-4-13(18)14(11)16)17(8)15(19)10-6-9(2)20-7-10/h4-7,12,18H,3H2,1-2H3. The van der Waals surface area contributed by atoms with Gasteiger partial charge < -0.3 is 10.0 Å². The number of carbonyl (C=O) groups is 1. The summed E-state index contributed by atoms with van der Waals surface area (Å²) in [6, 6.07) is 1.49. The number of thiophene rings is 1. The van der Waals surface area contributed by atoms with Crippen LogP contribution in [-0.4, -0.2) is 22.0 Å². The van der Waals surface area contributed by atoms with Gasteiger partial charge in [0.2, 0.25) is 0 Å². The highest BCUT2D eigenvalue weighted by molar-refractivity contribution is 7.10. The molecule has 1 aromatic heterocycles. The average molecular weight is 291 g/mol. The average Bonchev–Trinajstić information content (AvgIpc) is 2.97. The van der Waals surface area contributed by atoms with Gasteiger partial charge in [-0.05, 0) is 38.5 Å². The summed E-state index contributed by atoms with van der Waals surface area (Å²) in [5, 5.41) is 11.3. The molecule has 1 aliphatic heterocycles. The Kier molecular flexibility index (Phi) is 3.01. The molecule has 1 amide bonds. The maximum absolute atomic E-state index is 13.9. The third kappa shape index (κ3) is 1.89. The number of hydrogen-bond acceptors (Lipinski definition) is 3. The van der Waals surface area contributed by atoms with Crippen LogP contribution in [0.3, 0.4) is 0 Å². The molecule has 1 atom stereocenters. The molecule has 1 aromatic rings. The SMILES string of the molecule is CC1=CC2=C(F)C(O)=CCC2N1C(=O)c1csc(C)c1. The number of hydrogen-bond donors (Lipinski definition) is 1. The molecule has 0 fully saturated rings. The summed E-state index contributed by atoms with van der Waals surface area (Å²) in [6.07, 6.45) is 3.49. The number of rotatable bonds is 1. The van der Waals surface area contributed by atoms with Gasteiger partial charge in [0.15, 0.2) is 5.83 Å². The molecule has 20 heavy (non-hydrogen) atoms. The Morgan fingerprint density at radius 2 is 2.25 bits per heavy atom. The zero-order chi connectivity index (χ0) is 14.4. The van der Waals surface area contributed by atoms with E-state index in [4.69, 9.17) is 0 Å². The number of aliphatic hydroxyl groups excluding tert-OH is 1. The number of halogens is 1. The van der Waals surface area contributed by atoms with Gasteiger partial charge in [-0.1, -0.05) is 0 Å². The number of amides is 1. The molecule has 1 unspecified atom stereocenters. The van der Waals surface area contributed by atoms with Crippen molar-refractivity contribution in [2.45, 2.75) is 26.3 Å². The maximum Gasteiger partial charge on any atom is 0.259 e. The Bertz CT molecular complexity index is 684. The normalized spacial score (nSPS) is 21.8. The second-order valence-electron chi connectivity index (χ2n) is 5.02. The summed E-state index contributed by atoms with van der Waals surface area (Å²) >= 11 is 1.52. The Morgan fingerprint density at radius 3 is 2.90 bits per heavy atom. The fourth-order valence-corrected chi connectivity index (χ4v) is 3.35. The van der Waals surface area contributed by atoms with E-state index >= 15 is 0 Å². The predicted octanol–water partition coefficient (Wildman–Crippen LogP) is 3.85. The van der Waals surface area contributed by atoms with Crippen LogP contribution >= 0.6 is 11.3 Å². The fraction of sp³-hybridized carbons (Fsp3) is 0.267. The van der Waals surface area contributed by atoms with Crippen molar-refractivity contribution >= 4 is 17.2 Å². The van der Waals surface area contributed by atoms with Crippen molar-refractivity contribution < 1.29 is 14.3 Å². The number of aryl methyl sites for hydroxylation is 1. The Morgan fingerprint density at radius 1 is 1.50 bits per heavy atom. The van der Waals surface area contributed by atoms with Crippen LogP contribution in [0.1, 0.15) is 28.6 Å². The van der Waals surface area contributed by atoms with E-state index in [9.17, 15) is 14.3 Å². The largest absolute Gasteiger partial charge is 0.505 e. The molecule has 0 saturated carbocycles. The van der Waals surface area contributed by atoms with E-state index in [0.29, 0.717) is 23.3 Å². The summed E-state index contributed by atoms with van der Waals surface area (Å²) in [5.74, 6) is -1.08. The molecule has 5 heteroatoms. The van der Waals surface area contributed by atoms with Gasteiger partial charge in [0, 0.05) is 21.5 Å². The fourth-order valence-electron chi connectivity index (χ4n) is 2.67. The smallest absolute Gasteiger partial charge is 0.259 e. The quantitative estimate of drug-likeness (QED) is 0.853. The highest BCUT2D eigenvalue weighted by Gasteiger charge is 2.37. The van der Waals surface area contributed by atoms with Crippen LogP contribution in [0, 0.1) is 6.92 Å². The first-order valence-corrected chi connectivity index (χ1v) is 7.23. The topological polar surface area (TPSA) is 40.5 Å². The molecule has 0 bridgehead atoms. The van der Waals surface area contributed by atoms with Gasteiger partial charge in [0.05, 0.1) is 11.6 Å². The lowest BCUT2D eigenvalue weighted by atomic mass is 9.98. The van der Waals surface area contributed by atoms with Crippen LogP contribution in [0.4, 0.5) is 4.39 Å². The van der Waals surface area contributed by atoms with Crippen molar-refractivity contribution in [1.82, 2.24) is 4.90 Å². The molecular weight excluding hydrogens is 277 g/mol. The summed E-state index contributed by atoms with van der Waals surface area (Å²) < 4.78 is 13.9. The molecule has 3 nitrogen and oxygen atoms in total. The van der Waals surface area contributed by atoms with Crippen LogP contribution in [0.5, 0.6) is 0 Å². The Hall–Kier alpha value is -1.88. The number of carbonyl (C=O) groups excluding carboxylic acids is 1. The van der Waals surface area contributed by atoms with Gasteiger partial charge in [-0.25, -0.2) is 4.39 Å². The van der Waals surface area contributed by atoms with Crippen LogP contribution in [-0.2, 0) is 0 Å². The molecule has 1 N–H and O–H groups in total. The third-order valence-corrected chi connectivity index (χ3v) is 4.49. The molecule has 0 saturated heterocycles. The van der Waals surface area contributed by atoms with E-state index in [0.717, 1.165) is 4.88 Å². The lowest BCUT2D eigenvalue weighted by Gasteiger charge is -2.28. The van der Waals surface area contributed by atoms with Gasteiger partial charge >= 0.3 is 0 Å². The number of aliphatic hydroxyl groups is 1. The molecule has 3 rings (SSSR count). The second kappa shape index (κ2) is 4.59. The van der Waals surface area contributed by atoms with Crippen molar-refractivity contribution in [1.29, 1.82) is 0 Å². The minimum atomic E-state index is -0.627. The first kappa shape index (κ1) is 13.1. The molecule has 0 spiro atoms. The van der Waals surface area contributed by atoms with Crippen molar-refractivity contribution in [3.05, 3.63) is 56.9 Å². The highest BCUT2D eigenvalue weighted by atomic mass is 32.1. The van der Waals surface area contributed by atoms with Crippen LogP contribution in [0.15, 0.2) is 46.5 Å². The summed E-state index contributed by atoms with van der Waals surface area (Å²) in [7, 11) is 0. The summed E-state index contributed by atoms with van der Waals surface area (Å²) in [6.45, 7) is 3.73. The first-order chi connectivity index (χ1) is 9.49. The van der Waals surface area contributed by atoms with Crippen LogP contribution < -0.4 is 0 Å². The predicted molar refractivity (Wildman–Crippen MR) is 76.2 cm³/mol.